The van der Waals surface area contributed by atoms with Crippen molar-refractivity contribution in [3.63, 3.8) is 0 Å². The van der Waals surface area contributed by atoms with Crippen molar-refractivity contribution in [2.75, 3.05) is 26.2 Å². The number of benzene rings is 3. The van der Waals surface area contributed by atoms with Crippen LogP contribution in [0.1, 0.15) is 44.7 Å². The number of halogens is 1. The maximum Gasteiger partial charge on any atom is 0.255 e. The highest BCUT2D eigenvalue weighted by Crippen LogP contribution is 2.35. The summed E-state index contributed by atoms with van der Waals surface area (Å²) in [6.07, 6.45) is 0.608. The SMILES string of the molecule is O=C1CCC(N2Cc3cc(CN4CC5CN(C(=O)c6ccccc6-c6ccc(Cl)cc6)CC5C4)ccc3C2=O)C(=O)N1. The second-order valence-electron chi connectivity index (χ2n) is 11.9. The molecule has 4 heterocycles. The van der Waals surface area contributed by atoms with Gasteiger partial charge in [0.25, 0.3) is 11.8 Å². The summed E-state index contributed by atoms with van der Waals surface area (Å²) in [6.45, 7) is 4.49. The molecule has 0 spiro atoms. The second-order valence-corrected chi connectivity index (χ2v) is 12.3. The summed E-state index contributed by atoms with van der Waals surface area (Å²) >= 11 is 6.08. The van der Waals surface area contributed by atoms with Crippen LogP contribution >= 0.6 is 11.6 Å². The average molecular weight is 583 g/mol. The second kappa shape index (κ2) is 10.7. The minimum atomic E-state index is -0.604. The maximum atomic E-state index is 13.6. The molecular formula is C33H31ClN4O4. The molecule has 1 N–H and O–H groups in total. The number of nitrogens with one attached hydrogen (secondary N) is 1. The molecule has 3 unspecified atom stereocenters. The lowest BCUT2D eigenvalue weighted by molar-refractivity contribution is -0.136. The summed E-state index contributed by atoms with van der Waals surface area (Å²) in [7, 11) is 0. The highest BCUT2D eigenvalue weighted by Gasteiger charge is 2.42. The van der Waals surface area contributed by atoms with Crippen molar-refractivity contribution in [3.8, 4) is 11.1 Å². The van der Waals surface area contributed by atoms with Crippen LogP contribution in [-0.4, -0.2) is 70.5 Å². The Morgan fingerprint density at radius 3 is 2.36 bits per heavy atom. The summed E-state index contributed by atoms with van der Waals surface area (Å²) in [5.41, 5.74) is 5.31. The van der Waals surface area contributed by atoms with Gasteiger partial charge < -0.3 is 9.80 Å². The first-order valence-corrected chi connectivity index (χ1v) is 14.8. The number of carbonyl (C=O) groups is 4. The fourth-order valence-electron chi connectivity index (χ4n) is 7.09. The molecule has 4 amide bonds. The Morgan fingerprint density at radius 1 is 0.881 bits per heavy atom. The molecule has 0 bridgehead atoms. The zero-order chi connectivity index (χ0) is 29.0. The molecule has 0 aliphatic carbocycles. The lowest BCUT2D eigenvalue weighted by atomic mass is 9.99. The summed E-state index contributed by atoms with van der Waals surface area (Å²) in [5, 5.41) is 3.02. The van der Waals surface area contributed by atoms with E-state index in [-0.39, 0.29) is 24.1 Å². The number of hydrogen-bond donors (Lipinski definition) is 1. The maximum absolute atomic E-state index is 13.6. The topological polar surface area (TPSA) is 90.0 Å². The van der Waals surface area contributed by atoms with Gasteiger partial charge in [0.05, 0.1) is 0 Å². The third-order valence-electron chi connectivity index (χ3n) is 9.16. The molecule has 0 aromatic heterocycles. The van der Waals surface area contributed by atoms with Crippen LogP contribution in [0.5, 0.6) is 0 Å². The fourth-order valence-corrected chi connectivity index (χ4v) is 7.22. The molecule has 0 saturated carbocycles. The van der Waals surface area contributed by atoms with Gasteiger partial charge in [-0.25, -0.2) is 0 Å². The lowest BCUT2D eigenvalue weighted by Gasteiger charge is -2.29. The van der Waals surface area contributed by atoms with Crippen molar-refractivity contribution >= 4 is 35.2 Å². The quantitative estimate of drug-likeness (QED) is 0.460. The fraction of sp³-hybridized carbons (Fsp3) is 0.333. The molecule has 3 saturated heterocycles. The van der Waals surface area contributed by atoms with Crippen LogP contribution in [0.25, 0.3) is 11.1 Å². The van der Waals surface area contributed by atoms with E-state index in [0.717, 1.165) is 60.5 Å². The Kier molecular flexibility index (Phi) is 6.83. The Labute approximate surface area is 249 Å². The first kappa shape index (κ1) is 26.9. The van der Waals surface area contributed by atoms with Gasteiger partial charge in [-0.05, 0) is 64.8 Å². The van der Waals surface area contributed by atoms with Gasteiger partial charge in [-0.15, -0.1) is 0 Å². The molecular weight excluding hydrogens is 552 g/mol. The van der Waals surface area contributed by atoms with Gasteiger partial charge in [0.1, 0.15) is 6.04 Å². The predicted molar refractivity (Wildman–Crippen MR) is 158 cm³/mol. The van der Waals surface area contributed by atoms with Crippen molar-refractivity contribution < 1.29 is 19.2 Å². The van der Waals surface area contributed by atoms with E-state index in [1.54, 1.807) is 4.90 Å². The molecule has 7 rings (SSSR count). The summed E-state index contributed by atoms with van der Waals surface area (Å²) in [5.74, 6) is 0.103. The molecule has 8 nitrogen and oxygen atoms in total. The van der Waals surface area contributed by atoms with Crippen LogP contribution in [0.3, 0.4) is 0 Å². The molecule has 4 aliphatic rings. The molecule has 3 atom stereocenters. The van der Waals surface area contributed by atoms with Crippen LogP contribution < -0.4 is 5.32 Å². The van der Waals surface area contributed by atoms with Crippen molar-refractivity contribution in [3.05, 3.63) is 94.0 Å². The first-order valence-electron chi connectivity index (χ1n) is 14.5. The molecule has 3 aromatic rings. The Balaban J connectivity index is 0.982. The molecule has 0 radical (unpaired) electrons. The van der Waals surface area contributed by atoms with E-state index in [2.05, 4.69) is 16.3 Å². The van der Waals surface area contributed by atoms with Gasteiger partial charge in [-0.1, -0.05) is 54.1 Å². The number of hydrogen-bond acceptors (Lipinski definition) is 5. The van der Waals surface area contributed by atoms with E-state index in [1.165, 1.54) is 0 Å². The number of carbonyl (C=O) groups excluding carboxylic acids is 4. The highest BCUT2D eigenvalue weighted by molar-refractivity contribution is 6.30. The molecule has 3 aromatic carbocycles. The van der Waals surface area contributed by atoms with Crippen LogP contribution in [0.2, 0.25) is 5.02 Å². The summed E-state index contributed by atoms with van der Waals surface area (Å²) < 4.78 is 0. The smallest absolute Gasteiger partial charge is 0.255 e. The monoisotopic (exact) mass is 582 g/mol. The van der Waals surface area contributed by atoms with Crippen LogP contribution in [0.15, 0.2) is 66.7 Å². The minimum absolute atomic E-state index is 0.0744. The van der Waals surface area contributed by atoms with Gasteiger partial charge >= 0.3 is 0 Å². The number of fused-ring (bicyclic) bond motifs is 2. The third-order valence-corrected chi connectivity index (χ3v) is 9.41. The Hall–Kier alpha value is -4.01. The standard InChI is InChI=1S/C33H31ClN4O4/c34-25-8-6-21(7-9-25)26-3-1-2-4-28(26)32(41)37-17-23-15-36(16-24(23)18-37)14-20-5-10-27-22(13-20)19-38(33(27)42)29-11-12-30(39)35-31(29)40/h1-10,13,23-24,29H,11-12,14-19H2,(H,35,39,40). The number of piperidine rings is 1. The zero-order valence-corrected chi connectivity index (χ0v) is 23.8. The van der Waals surface area contributed by atoms with Crippen LogP contribution in [-0.2, 0) is 22.7 Å². The van der Waals surface area contributed by atoms with Crippen molar-refractivity contribution in [2.45, 2.75) is 32.0 Å². The van der Waals surface area contributed by atoms with Gasteiger partial charge in [0.15, 0.2) is 0 Å². The number of imide groups is 1. The van der Waals surface area contributed by atoms with Crippen LogP contribution in [0, 0.1) is 11.8 Å². The molecule has 214 valence electrons. The Bertz CT molecular complexity index is 1590. The largest absolute Gasteiger partial charge is 0.338 e. The van der Waals surface area contributed by atoms with Crippen molar-refractivity contribution in [2.24, 2.45) is 11.8 Å². The van der Waals surface area contributed by atoms with E-state index in [1.807, 2.05) is 65.6 Å². The molecule has 9 heteroatoms. The van der Waals surface area contributed by atoms with E-state index >= 15 is 0 Å². The molecule has 42 heavy (non-hydrogen) atoms. The Morgan fingerprint density at radius 2 is 1.62 bits per heavy atom. The molecule has 4 aliphatic heterocycles. The number of nitrogens with zero attached hydrogens (tertiary/aromatic N) is 3. The number of rotatable bonds is 5. The van der Waals surface area contributed by atoms with Crippen LogP contribution in [0.4, 0.5) is 0 Å². The lowest BCUT2D eigenvalue weighted by Crippen LogP contribution is -2.52. The minimum Gasteiger partial charge on any atom is -0.338 e. The van der Waals surface area contributed by atoms with Crippen molar-refractivity contribution in [1.29, 1.82) is 0 Å². The van der Waals surface area contributed by atoms with E-state index in [9.17, 15) is 19.2 Å². The highest BCUT2D eigenvalue weighted by atomic mass is 35.5. The van der Waals surface area contributed by atoms with E-state index < -0.39 is 11.9 Å². The van der Waals surface area contributed by atoms with Gasteiger partial charge in [0, 0.05) is 61.8 Å². The molecule has 3 fully saturated rings. The average Bonchev–Trinajstić information content (AvgIpc) is 3.65. The van der Waals surface area contributed by atoms with Crippen molar-refractivity contribution in [1.82, 2.24) is 20.0 Å². The number of likely N-dealkylation sites (tertiary alicyclic amines) is 2. The summed E-state index contributed by atoms with van der Waals surface area (Å²) in [4.78, 5) is 56.6. The zero-order valence-electron chi connectivity index (χ0n) is 23.1. The predicted octanol–water partition coefficient (Wildman–Crippen LogP) is 3.97. The van der Waals surface area contributed by atoms with E-state index in [4.69, 9.17) is 11.6 Å². The third kappa shape index (κ3) is 4.88. The number of amides is 4. The van der Waals surface area contributed by atoms with Gasteiger partial charge in [0.2, 0.25) is 11.8 Å². The van der Waals surface area contributed by atoms with Gasteiger partial charge in [-0.3, -0.25) is 29.4 Å². The van der Waals surface area contributed by atoms with Gasteiger partial charge in [-0.2, -0.15) is 0 Å². The summed E-state index contributed by atoms with van der Waals surface area (Å²) in [6, 6.07) is 20.7. The first-order chi connectivity index (χ1) is 20.3. The normalized spacial score (nSPS) is 23.7. The van der Waals surface area contributed by atoms with E-state index in [0.29, 0.717) is 35.4 Å².